The zero-order chi connectivity index (χ0) is 17.1. The van der Waals surface area contributed by atoms with Crippen LogP contribution in [0.25, 0.3) is 0 Å². The number of hydrogen-bond acceptors (Lipinski definition) is 3. The number of halogens is 2. The van der Waals surface area contributed by atoms with Gasteiger partial charge in [-0.25, -0.2) is 0 Å². The van der Waals surface area contributed by atoms with E-state index < -0.39 is 4.87 Å². The molecule has 4 rings (SSSR count). The number of carbonyl (C=O) groups is 2. The monoisotopic (exact) mass is 422 g/mol. The third-order valence-corrected chi connectivity index (χ3v) is 6.45. The van der Waals surface area contributed by atoms with Crippen LogP contribution in [0.1, 0.15) is 12.5 Å². The first-order valence-corrected chi connectivity index (χ1v) is 9.37. The Morgan fingerprint density at radius 2 is 1.92 bits per heavy atom. The average Bonchev–Trinajstić information content (AvgIpc) is 2.97. The van der Waals surface area contributed by atoms with Crippen LogP contribution in [-0.4, -0.2) is 17.1 Å². The normalized spacial score (nSPS) is 25.3. The highest BCUT2D eigenvalue weighted by atomic mass is 79.9. The molecule has 1 spiro atoms. The lowest BCUT2D eigenvalue weighted by Gasteiger charge is -2.32. The zero-order valence-corrected chi connectivity index (χ0v) is 15.7. The molecule has 2 aromatic rings. The van der Waals surface area contributed by atoms with Crippen molar-refractivity contribution in [2.45, 2.75) is 17.0 Å². The van der Waals surface area contributed by atoms with E-state index >= 15 is 0 Å². The SMILES string of the molecule is CC1SC2(C(=O)Nc3ccc(Br)cc32)N(c2ccc(Cl)cc2)C1=O. The van der Waals surface area contributed by atoms with Crippen molar-refractivity contribution in [2.24, 2.45) is 0 Å². The number of fused-ring (bicyclic) bond motifs is 2. The zero-order valence-electron chi connectivity index (χ0n) is 12.5. The van der Waals surface area contributed by atoms with Crippen molar-refractivity contribution in [1.29, 1.82) is 0 Å². The minimum absolute atomic E-state index is 0.0923. The quantitative estimate of drug-likeness (QED) is 0.741. The Morgan fingerprint density at radius 3 is 2.62 bits per heavy atom. The fourth-order valence-electron chi connectivity index (χ4n) is 3.17. The molecule has 2 amide bonds. The second-order valence-electron chi connectivity index (χ2n) is 5.70. The van der Waals surface area contributed by atoms with E-state index in [1.165, 1.54) is 11.8 Å². The maximum atomic E-state index is 12.9. The van der Waals surface area contributed by atoms with Gasteiger partial charge in [0.05, 0.1) is 5.25 Å². The Labute approximate surface area is 156 Å². The molecule has 1 saturated heterocycles. The van der Waals surface area contributed by atoms with E-state index in [0.717, 1.165) is 15.7 Å². The molecular formula is C17H12BrClN2O2S. The van der Waals surface area contributed by atoms with Crippen LogP contribution in [0.15, 0.2) is 46.9 Å². The van der Waals surface area contributed by atoms with Gasteiger partial charge in [0.25, 0.3) is 5.91 Å². The molecule has 2 aliphatic rings. The Balaban J connectivity index is 1.95. The standard InChI is InChI=1S/C17H12BrClN2O2S/c1-9-15(22)21(12-5-3-11(19)4-6-12)17(24-9)13-8-10(18)2-7-14(13)20-16(17)23/h2-9H,1H3,(H,20,23). The molecule has 0 saturated carbocycles. The molecule has 7 heteroatoms. The van der Waals surface area contributed by atoms with Crippen molar-refractivity contribution in [1.82, 2.24) is 0 Å². The summed E-state index contributed by atoms with van der Waals surface area (Å²) < 4.78 is 0.862. The van der Waals surface area contributed by atoms with E-state index in [2.05, 4.69) is 21.2 Å². The smallest absolute Gasteiger partial charge is 0.266 e. The lowest BCUT2D eigenvalue weighted by molar-refractivity contribution is -0.122. The molecule has 2 unspecified atom stereocenters. The summed E-state index contributed by atoms with van der Waals surface area (Å²) in [7, 11) is 0. The van der Waals surface area contributed by atoms with Gasteiger partial charge in [-0.05, 0) is 49.4 Å². The maximum Gasteiger partial charge on any atom is 0.266 e. The van der Waals surface area contributed by atoms with E-state index in [1.54, 1.807) is 29.2 Å². The molecule has 0 aromatic heterocycles. The topological polar surface area (TPSA) is 49.4 Å². The first kappa shape index (κ1) is 16.0. The number of amides is 2. The molecule has 24 heavy (non-hydrogen) atoms. The number of rotatable bonds is 1. The first-order valence-electron chi connectivity index (χ1n) is 7.32. The fraction of sp³-hybridized carbons (Fsp3) is 0.176. The number of benzene rings is 2. The summed E-state index contributed by atoms with van der Waals surface area (Å²) in [5.41, 5.74) is 2.18. The Bertz CT molecular complexity index is 873. The van der Waals surface area contributed by atoms with Crippen LogP contribution in [-0.2, 0) is 14.5 Å². The van der Waals surface area contributed by atoms with Gasteiger partial charge in [0.1, 0.15) is 0 Å². The van der Waals surface area contributed by atoms with Gasteiger partial charge in [0, 0.05) is 26.4 Å². The third kappa shape index (κ3) is 2.13. The maximum absolute atomic E-state index is 12.9. The summed E-state index contributed by atoms with van der Waals surface area (Å²) in [4.78, 5) is 26.3. The number of nitrogens with zero attached hydrogens (tertiary/aromatic N) is 1. The lowest BCUT2D eigenvalue weighted by atomic mass is 10.0. The van der Waals surface area contributed by atoms with Crippen molar-refractivity contribution in [3.8, 4) is 0 Å². The van der Waals surface area contributed by atoms with E-state index in [-0.39, 0.29) is 17.1 Å². The van der Waals surface area contributed by atoms with Crippen LogP contribution in [0.3, 0.4) is 0 Å². The van der Waals surface area contributed by atoms with Gasteiger partial charge < -0.3 is 5.32 Å². The Kier molecular flexibility index (Phi) is 3.67. The molecule has 4 nitrogen and oxygen atoms in total. The lowest BCUT2D eigenvalue weighted by Crippen LogP contribution is -2.47. The van der Waals surface area contributed by atoms with Gasteiger partial charge in [0.2, 0.25) is 10.8 Å². The summed E-state index contributed by atoms with van der Waals surface area (Å²) in [6.45, 7) is 1.83. The van der Waals surface area contributed by atoms with Gasteiger partial charge in [0.15, 0.2) is 0 Å². The number of nitrogens with one attached hydrogen (secondary N) is 1. The van der Waals surface area contributed by atoms with E-state index in [9.17, 15) is 9.59 Å². The molecule has 0 radical (unpaired) electrons. The Morgan fingerprint density at radius 1 is 1.21 bits per heavy atom. The summed E-state index contributed by atoms with van der Waals surface area (Å²) in [6.07, 6.45) is 0. The second kappa shape index (κ2) is 5.51. The molecule has 1 N–H and O–H groups in total. The van der Waals surface area contributed by atoms with Crippen molar-refractivity contribution in [3.05, 3.63) is 57.5 Å². The van der Waals surface area contributed by atoms with Crippen LogP contribution in [0.4, 0.5) is 11.4 Å². The minimum atomic E-state index is -1.09. The molecule has 2 aromatic carbocycles. The first-order chi connectivity index (χ1) is 11.4. The molecule has 0 aliphatic carbocycles. The largest absolute Gasteiger partial charge is 0.323 e. The molecular weight excluding hydrogens is 412 g/mol. The van der Waals surface area contributed by atoms with Crippen LogP contribution in [0, 0.1) is 0 Å². The van der Waals surface area contributed by atoms with Crippen LogP contribution < -0.4 is 10.2 Å². The number of anilines is 2. The van der Waals surface area contributed by atoms with Crippen LogP contribution >= 0.6 is 39.3 Å². The average molecular weight is 424 g/mol. The highest BCUT2D eigenvalue weighted by Crippen LogP contribution is 2.56. The predicted octanol–water partition coefficient (Wildman–Crippen LogP) is 4.38. The molecule has 2 atom stereocenters. The highest BCUT2D eigenvalue weighted by Gasteiger charge is 2.60. The van der Waals surface area contributed by atoms with E-state index in [1.807, 2.05) is 25.1 Å². The molecule has 0 bridgehead atoms. The Hall–Kier alpha value is -1.50. The summed E-state index contributed by atoms with van der Waals surface area (Å²) >= 11 is 10.8. The fourth-order valence-corrected chi connectivity index (χ4v) is 5.13. The molecule has 1 fully saturated rings. The molecule has 122 valence electrons. The second-order valence-corrected chi connectivity index (χ2v) is 8.58. The van der Waals surface area contributed by atoms with Crippen molar-refractivity contribution >= 4 is 62.5 Å². The van der Waals surface area contributed by atoms with E-state index in [0.29, 0.717) is 10.7 Å². The molecule has 2 heterocycles. The van der Waals surface area contributed by atoms with Crippen molar-refractivity contribution in [2.75, 3.05) is 10.2 Å². The third-order valence-electron chi connectivity index (χ3n) is 4.22. The number of thioether (sulfide) groups is 1. The highest BCUT2D eigenvalue weighted by molar-refractivity contribution is 9.10. The van der Waals surface area contributed by atoms with Gasteiger partial charge in [-0.2, -0.15) is 0 Å². The summed E-state index contributed by atoms with van der Waals surface area (Å²) in [5, 5.41) is 3.17. The van der Waals surface area contributed by atoms with Gasteiger partial charge in [-0.3, -0.25) is 14.5 Å². The van der Waals surface area contributed by atoms with Gasteiger partial charge >= 0.3 is 0 Å². The summed E-state index contributed by atoms with van der Waals surface area (Å²) in [6, 6.07) is 12.6. The van der Waals surface area contributed by atoms with Crippen molar-refractivity contribution in [3.63, 3.8) is 0 Å². The van der Waals surface area contributed by atoms with Gasteiger partial charge in [-0.15, -0.1) is 11.8 Å². The molecule has 2 aliphatic heterocycles. The summed E-state index contributed by atoms with van der Waals surface area (Å²) in [5.74, 6) is -0.293. The minimum Gasteiger partial charge on any atom is -0.323 e. The van der Waals surface area contributed by atoms with E-state index in [4.69, 9.17) is 11.6 Å². The van der Waals surface area contributed by atoms with Crippen LogP contribution in [0.5, 0.6) is 0 Å². The van der Waals surface area contributed by atoms with Crippen LogP contribution in [0.2, 0.25) is 5.02 Å². The van der Waals surface area contributed by atoms with Crippen molar-refractivity contribution < 1.29 is 9.59 Å². The van der Waals surface area contributed by atoms with Gasteiger partial charge in [-0.1, -0.05) is 27.5 Å². The predicted molar refractivity (Wildman–Crippen MR) is 100 cm³/mol. The number of hydrogen-bond donors (Lipinski definition) is 1. The number of carbonyl (C=O) groups excluding carboxylic acids is 2.